The summed E-state index contributed by atoms with van der Waals surface area (Å²) in [5.74, 6) is -1.07. The lowest BCUT2D eigenvalue weighted by molar-refractivity contribution is -0.137. The molecule has 1 amide bonds. The van der Waals surface area contributed by atoms with Gasteiger partial charge >= 0.3 is 12.1 Å². The Morgan fingerprint density at radius 1 is 1.00 bits per heavy atom. The van der Waals surface area contributed by atoms with Gasteiger partial charge in [0, 0.05) is 18.3 Å². The van der Waals surface area contributed by atoms with Crippen molar-refractivity contribution in [1.29, 1.82) is 0 Å². The minimum Gasteiger partial charge on any atom is -0.481 e. The number of nitrogens with one attached hydrogen (secondary N) is 1. The van der Waals surface area contributed by atoms with Gasteiger partial charge in [-0.15, -0.1) is 0 Å². The van der Waals surface area contributed by atoms with E-state index in [1.54, 1.807) is 18.3 Å². The Labute approximate surface area is 168 Å². The number of fused-ring (bicyclic) bond motifs is 3. The molecule has 0 radical (unpaired) electrons. The average Bonchev–Trinajstić information content (AvgIpc) is 3.06. The molecule has 1 aliphatic rings. The fraction of sp³-hybridized carbons (Fsp3) is 0.174. The van der Waals surface area contributed by atoms with Crippen molar-refractivity contribution in [2.24, 2.45) is 0 Å². The number of alkyl carbamates (subject to hydrolysis) is 1. The number of hydrogen-bond donors (Lipinski definition) is 2. The Morgan fingerprint density at radius 2 is 1.66 bits per heavy atom. The van der Waals surface area contributed by atoms with Crippen molar-refractivity contribution in [3.63, 3.8) is 0 Å². The van der Waals surface area contributed by atoms with Crippen LogP contribution < -0.4 is 5.32 Å². The smallest absolute Gasteiger partial charge is 0.407 e. The van der Waals surface area contributed by atoms with Crippen LogP contribution in [0.15, 0.2) is 73.1 Å². The number of carboxylic acids is 1. The van der Waals surface area contributed by atoms with E-state index >= 15 is 0 Å². The highest BCUT2D eigenvalue weighted by molar-refractivity contribution is 5.79. The van der Waals surface area contributed by atoms with E-state index in [2.05, 4.69) is 22.4 Å². The molecule has 0 bridgehead atoms. The number of aliphatic carboxylic acids is 1. The molecule has 0 aliphatic heterocycles. The molecule has 0 saturated carbocycles. The predicted octanol–water partition coefficient (Wildman–Crippen LogP) is 4.14. The molecule has 0 saturated heterocycles. The minimum atomic E-state index is -1.02. The van der Waals surface area contributed by atoms with Crippen LogP contribution in [0.1, 0.15) is 35.1 Å². The molecule has 0 spiro atoms. The Bertz CT molecular complexity index is 990. The number of pyridine rings is 1. The normalized spacial score (nSPS) is 13.2. The Kier molecular flexibility index (Phi) is 5.24. The fourth-order valence-electron chi connectivity index (χ4n) is 3.79. The molecule has 1 heterocycles. The van der Waals surface area contributed by atoms with Gasteiger partial charge in [0.2, 0.25) is 0 Å². The number of carboxylic acid groups (broad SMARTS) is 1. The molecule has 3 aromatic rings. The Hall–Kier alpha value is -3.67. The van der Waals surface area contributed by atoms with Gasteiger partial charge < -0.3 is 15.2 Å². The number of carbonyl (C=O) groups excluding carboxylic acids is 1. The summed E-state index contributed by atoms with van der Waals surface area (Å²) in [5.41, 5.74) is 5.16. The third kappa shape index (κ3) is 3.96. The lowest BCUT2D eigenvalue weighted by Crippen LogP contribution is -2.31. The average molecular weight is 388 g/mol. The SMILES string of the molecule is O=C(O)C[C@@H](NC(=O)OCC1c2ccccc2-c2ccccc21)c1cccnc1. The number of rotatable bonds is 6. The van der Waals surface area contributed by atoms with Crippen molar-refractivity contribution in [2.45, 2.75) is 18.4 Å². The summed E-state index contributed by atoms with van der Waals surface area (Å²) in [4.78, 5) is 27.6. The van der Waals surface area contributed by atoms with Gasteiger partial charge in [-0.05, 0) is 33.9 Å². The van der Waals surface area contributed by atoms with Gasteiger partial charge in [0.25, 0.3) is 0 Å². The topological polar surface area (TPSA) is 88.5 Å². The third-order valence-electron chi connectivity index (χ3n) is 5.10. The monoisotopic (exact) mass is 388 g/mol. The van der Waals surface area contributed by atoms with E-state index in [0.717, 1.165) is 22.3 Å². The van der Waals surface area contributed by atoms with Gasteiger partial charge in [0.15, 0.2) is 0 Å². The molecule has 0 unspecified atom stereocenters. The van der Waals surface area contributed by atoms with Gasteiger partial charge in [-0.3, -0.25) is 9.78 Å². The van der Waals surface area contributed by atoms with E-state index in [1.807, 2.05) is 36.4 Å². The Balaban J connectivity index is 1.47. The maximum Gasteiger partial charge on any atom is 0.407 e. The molecular formula is C23H20N2O4. The summed E-state index contributed by atoms with van der Waals surface area (Å²) in [6.45, 7) is 0.173. The zero-order chi connectivity index (χ0) is 20.2. The molecule has 29 heavy (non-hydrogen) atoms. The first-order chi connectivity index (χ1) is 14.1. The maximum absolute atomic E-state index is 12.4. The standard InChI is InChI=1S/C23H20N2O4/c26-22(27)12-21(15-6-5-11-24-13-15)25-23(28)29-14-20-18-9-3-1-7-16(18)17-8-2-4-10-19(17)20/h1-11,13,20-21H,12,14H2,(H,25,28)(H,26,27)/t21-/m1/s1. The zero-order valence-corrected chi connectivity index (χ0v) is 15.6. The van der Waals surface area contributed by atoms with Gasteiger partial charge in [-0.1, -0.05) is 54.6 Å². The molecule has 0 fully saturated rings. The van der Waals surface area contributed by atoms with E-state index in [9.17, 15) is 9.59 Å². The second kappa shape index (κ2) is 8.14. The van der Waals surface area contributed by atoms with Crippen LogP contribution in [0.3, 0.4) is 0 Å². The molecule has 146 valence electrons. The van der Waals surface area contributed by atoms with Crippen LogP contribution in [-0.2, 0) is 9.53 Å². The third-order valence-corrected chi connectivity index (χ3v) is 5.10. The predicted molar refractivity (Wildman–Crippen MR) is 107 cm³/mol. The van der Waals surface area contributed by atoms with Crippen molar-refractivity contribution in [2.75, 3.05) is 6.61 Å². The molecule has 1 aromatic heterocycles. The van der Waals surface area contributed by atoms with E-state index in [0.29, 0.717) is 5.56 Å². The number of benzene rings is 2. The summed E-state index contributed by atoms with van der Waals surface area (Å²) < 4.78 is 5.51. The number of amides is 1. The molecule has 1 aliphatic carbocycles. The van der Waals surface area contributed by atoms with E-state index in [1.165, 1.54) is 6.20 Å². The van der Waals surface area contributed by atoms with Crippen molar-refractivity contribution >= 4 is 12.1 Å². The highest BCUT2D eigenvalue weighted by Crippen LogP contribution is 2.44. The quantitative estimate of drug-likeness (QED) is 0.663. The van der Waals surface area contributed by atoms with Crippen molar-refractivity contribution in [3.05, 3.63) is 89.7 Å². The highest BCUT2D eigenvalue weighted by atomic mass is 16.5. The van der Waals surface area contributed by atoms with Crippen LogP contribution in [0.4, 0.5) is 4.79 Å². The number of hydrogen-bond acceptors (Lipinski definition) is 4. The first-order valence-electron chi connectivity index (χ1n) is 9.36. The summed E-state index contributed by atoms with van der Waals surface area (Å²) in [5, 5.41) is 11.8. The van der Waals surface area contributed by atoms with Crippen LogP contribution in [0.25, 0.3) is 11.1 Å². The fourth-order valence-corrected chi connectivity index (χ4v) is 3.79. The van der Waals surface area contributed by atoms with Crippen molar-refractivity contribution in [1.82, 2.24) is 10.3 Å². The minimum absolute atomic E-state index is 0.0514. The first-order valence-corrected chi connectivity index (χ1v) is 9.36. The molecule has 2 aromatic carbocycles. The van der Waals surface area contributed by atoms with E-state index in [4.69, 9.17) is 9.84 Å². The Morgan fingerprint density at radius 3 is 2.24 bits per heavy atom. The van der Waals surface area contributed by atoms with E-state index in [-0.39, 0.29) is 18.9 Å². The van der Waals surface area contributed by atoms with Crippen molar-refractivity contribution in [3.8, 4) is 11.1 Å². The van der Waals surface area contributed by atoms with E-state index < -0.39 is 18.1 Å². The first kappa shape index (κ1) is 18.7. The van der Waals surface area contributed by atoms with Crippen LogP contribution in [0, 0.1) is 0 Å². The molecule has 6 nitrogen and oxygen atoms in total. The molecular weight excluding hydrogens is 368 g/mol. The summed E-state index contributed by atoms with van der Waals surface area (Å²) in [6, 6.07) is 18.9. The second-order valence-corrected chi connectivity index (χ2v) is 6.91. The lowest BCUT2D eigenvalue weighted by Gasteiger charge is -2.19. The van der Waals surface area contributed by atoms with Gasteiger partial charge in [0.05, 0.1) is 12.5 Å². The zero-order valence-electron chi connectivity index (χ0n) is 15.6. The largest absolute Gasteiger partial charge is 0.481 e. The number of nitrogens with zero attached hydrogens (tertiary/aromatic N) is 1. The van der Waals surface area contributed by atoms with Gasteiger partial charge in [-0.2, -0.15) is 0 Å². The molecule has 1 atom stereocenters. The maximum atomic E-state index is 12.4. The van der Waals surface area contributed by atoms with Gasteiger partial charge in [-0.25, -0.2) is 4.79 Å². The van der Waals surface area contributed by atoms with Crippen molar-refractivity contribution < 1.29 is 19.4 Å². The van der Waals surface area contributed by atoms with Crippen LogP contribution in [0.5, 0.6) is 0 Å². The summed E-state index contributed by atoms with van der Waals surface area (Å²) >= 11 is 0. The number of aromatic nitrogens is 1. The highest BCUT2D eigenvalue weighted by Gasteiger charge is 2.29. The molecule has 6 heteroatoms. The van der Waals surface area contributed by atoms with Gasteiger partial charge in [0.1, 0.15) is 6.61 Å². The number of ether oxygens (including phenoxy) is 1. The number of carbonyl (C=O) groups is 2. The second-order valence-electron chi connectivity index (χ2n) is 6.91. The summed E-state index contributed by atoms with van der Waals surface area (Å²) in [6.07, 6.45) is 2.23. The lowest BCUT2D eigenvalue weighted by atomic mass is 9.98. The molecule has 2 N–H and O–H groups in total. The van der Waals surface area contributed by atoms with Crippen LogP contribution >= 0.6 is 0 Å². The van der Waals surface area contributed by atoms with Crippen LogP contribution in [-0.4, -0.2) is 28.8 Å². The van der Waals surface area contributed by atoms with Crippen LogP contribution in [0.2, 0.25) is 0 Å². The summed E-state index contributed by atoms with van der Waals surface area (Å²) in [7, 11) is 0. The molecule has 4 rings (SSSR count).